The molecule has 1 fully saturated rings. The van der Waals surface area contributed by atoms with Crippen LogP contribution in [0.4, 0.5) is 0 Å². The summed E-state index contributed by atoms with van der Waals surface area (Å²) in [5.41, 5.74) is 6.50. The molecule has 1 saturated heterocycles. The lowest BCUT2D eigenvalue weighted by atomic mass is 10.0. The Labute approximate surface area is 116 Å². The van der Waals surface area contributed by atoms with Crippen molar-refractivity contribution in [2.24, 2.45) is 5.73 Å². The molecule has 2 aromatic heterocycles. The van der Waals surface area contributed by atoms with Crippen molar-refractivity contribution in [1.82, 2.24) is 15.1 Å². The summed E-state index contributed by atoms with van der Waals surface area (Å²) in [6.07, 6.45) is 2.96. The molecule has 1 atom stereocenters. The number of nitrogens with zero attached hydrogens (tertiary/aromatic N) is 3. The molecule has 0 spiro atoms. The Kier molecular flexibility index (Phi) is 3.37. The molecule has 0 amide bonds. The molecule has 0 aliphatic carbocycles. The molecule has 0 radical (unpaired) electrons. The Morgan fingerprint density at radius 1 is 1.45 bits per heavy atom. The van der Waals surface area contributed by atoms with Gasteiger partial charge in [0.2, 0.25) is 11.8 Å². The van der Waals surface area contributed by atoms with Gasteiger partial charge in [0.1, 0.15) is 5.54 Å². The standard InChI is InChI=1S/C13H16N4O3/c1-18-11-3-2-9(7-15-11)6-10-16-12(20-17-10)13(14)4-5-19-8-13/h2-3,7H,4-6,8,14H2,1H3. The Balaban J connectivity index is 1.73. The molecule has 7 nitrogen and oxygen atoms in total. The van der Waals surface area contributed by atoms with E-state index in [1.165, 1.54) is 0 Å². The predicted octanol–water partition coefficient (Wildman–Crippen LogP) is 0.638. The molecule has 0 bridgehead atoms. The lowest BCUT2D eigenvalue weighted by molar-refractivity contribution is 0.166. The minimum Gasteiger partial charge on any atom is -0.481 e. The molecule has 0 aromatic carbocycles. The van der Waals surface area contributed by atoms with Gasteiger partial charge in [0.25, 0.3) is 0 Å². The smallest absolute Gasteiger partial charge is 0.249 e. The molecule has 106 valence electrons. The van der Waals surface area contributed by atoms with Gasteiger partial charge in [-0.25, -0.2) is 4.98 Å². The summed E-state index contributed by atoms with van der Waals surface area (Å²) >= 11 is 0. The van der Waals surface area contributed by atoms with Crippen LogP contribution in [0, 0.1) is 0 Å². The third-order valence-corrected chi connectivity index (χ3v) is 3.32. The first-order chi connectivity index (χ1) is 9.69. The van der Waals surface area contributed by atoms with Crippen molar-refractivity contribution < 1.29 is 14.0 Å². The third kappa shape index (κ3) is 2.50. The minimum absolute atomic E-state index is 0.415. The molecular weight excluding hydrogens is 260 g/mol. The highest BCUT2D eigenvalue weighted by atomic mass is 16.5. The van der Waals surface area contributed by atoms with Gasteiger partial charge in [-0.15, -0.1) is 0 Å². The van der Waals surface area contributed by atoms with Crippen molar-refractivity contribution in [2.45, 2.75) is 18.4 Å². The van der Waals surface area contributed by atoms with E-state index in [4.69, 9.17) is 19.7 Å². The lowest BCUT2D eigenvalue weighted by Crippen LogP contribution is -2.37. The zero-order valence-corrected chi connectivity index (χ0v) is 11.2. The summed E-state index contributed by atoms with van der Waals surface area (Å²) in [5, 5.41) is 3.96. The fraction of sp³-hybridized carbons (Fsp3) is 0.462. The van der Waals surface area contributed by atoms with Crippen molar-refractivity contribution >= 4 is 0 Å². The predicted molar refractivity (Wildman–Crippen MR) is 69.2 cm³/mol. The molecule has 2 aromatic rings. The second-order valence-electron chi connectivity index (χ2n) is 4.86. The van der Waals surface area contributed by atoms with Gasteiger partial charge in [0, 0.05) is 25.3 Å². The van der Waals surface area contributed by atoms with Crippen molar-refractivity contribution in [3.8, 4) is 5.88 Å². The average Bonchev–Trinajstić information content (AvgIpc) is 3.10. The molecule has 7 heteroatoms. The van der Waals surface area contributed by atoms with Crippen molar-refractivity contribution in [1.29, 1.82) is 0 Å². The first-order valence-electron chi connectivity index (χ1n) is 6.38. The Hall–Kier alpha value is -1.99. The number of nitrogens with two attached hydrogens (primary N) is 1. The van der Waals surface area contributed by atoms with Gasteiger partial charge >= 0.3 is 0 Å². The Morgan fingerprint density at radius 3 is 3.00 bits per heavy atom. The van der Waals surface area contributed by atoms with E-state index in [1.54, 1.807) is 19.4 Å². The van der Waals surface area contributed by atoms with Crippen molar-refractivity contribution in [3.63, 3.8) is 0 Å². The van der Waals surface area contributed by atoms with Crippen LogP contribution >= 0.6 is 0 Å². The van der Waals surface area contributed by atoms with Gasteiger partial charge in [-0.05, 0) is 12.0 Å². The van der Waals surface area contributed by atoms with Crippen LogP contribution in [0.2, 0.25) is 0 Å². The van der Waals surface area contributed by atoms with Crippen LogP contribution in [0.3, 0.4) is 0 Å². The van der Waals surface area contributed by atoms with Gasteiger partial charge in [-0.1, -0.05) is 11.2 Å². The zero-order chi connectivity index (χ0) is 14.0. The van der Waals surface area contributed by atoms with E-state index in [0.717, 1.165) is 5.56 Å². The maximum absolute atomic E-state index is 6.17. The van der Waals surface area contributed by atoms with Crippen LogP contribution < -0.4 is 10.5 Å². The highest BCUT2D eigenvalue weighted by molar-refractivity contribution is 5.20. The topological polar surface area (TPSA) is 96.3 Å². The van der Waals surface area contributed by atoms with Crippen LogP contribution in [0.15, 0.2) is 22.9 Å². The highest BCUT2D eigenvalue weighted by Gasteiger charge is 2.38. The van der Waals surface area contributed by atoms with Crippen LogP contribution in [0.1, 0.15) is 23.7 Å². The molecule has 2 N–H and O–H groups in total. The first kappa shape index (κ1) is 13.0. The molecule has 1 aliphatic rings. The number of ether oxygens (including phenoxy) is 2. The minimum atomic E-state index is -0.649. The highest BCUT2D eigenvalue weighted by Crippen LogP contribution is 2.26. The molecular formula is C13H16N4O3. The van der Waals surface area contributed by atoms with Crippen LogP contribution in [-0.4, -0.2) is 35.4 Å². The molecule has 3 heterocycles. The fourth-order valence-electron chi connectivity index (χ4n) is 2.10. The van der Waals surface area contributed by atoms with Crippen molar-refractivity contribution in [2.75, 3.05) is 20.3 Å². The fourth-order valence-corrected chi connectivity index (χ4v) is 2.10. The Bertz CT molecular complexity index is 576. The molecule has 0 saturated carbocycles. The summed E-state index contributed by atoms with van der Waals surface area (Å²) in [5.74, 6) is 1.60. The number of methoxy groups -OCH3 is 1. The van der Waals surface area contributed by atoms with E-state index < -0.39 is 5.54 Å². The molecule has 1 aliphatic heterocycles. The van der Waals surface area contributed by atoms with Gasteiger partial charge in [-0.3, -0.25) is 0 Å². The van der Waals surface area contributed by atoms with E-state index in [0.29, 0.717) is 43.7 Å². The maximum Gasteiger partial charge on any atom is 0.249 e. The molecule has 20 heavy (non-hydrogen) atoms. The van der Waals surface area contributed by atoms with Gasteiger partial charge in [0.05, 0.1) is 13.7 Å². The van der Waals surface area contributed by atoms with Crippen LogP contribution in [0.5, 0.6) is 5.88 Å². The summed E-state index contributed by atoms with van der Waals surface area (Å²) in [6.45, 7) is 1.04. The summed E-state index contributed by atoms with van der Waals surface area (Å²) in [4.78, 5) is 8.50. The van der Waals surface area contributed by atoms with Crippen LogP contribution in [-0.2, 0) is 16.7 Å². The third-order valence-electron chi connectivity index (χ3n) is 3.32. The van der Waals surface area contributed by atoms with Gasteiger partial charge in [-0.2, -0.15) is 4.98 Å². The molecule has 1 unspecified atom stereocenters. The monoisotopic (exact) mass is 276 g/mol. The average molecular weight is 276 g/mol. The van der Waals surface area contributed by atoms with Crippen molar-refractivity contribution in [3.05, 3.63) is 35.6 Å². The number of hydrogen-bond donors (Lipinski definition) is 1. The number of hydrogen-bond acceptors (Lipinski definition) is 7. The second kappa shape index (κ2) is 5.18. The Morgan fingerprint density at radius 2 is 2.35 bits per heavy atom. The normalized spacial score (nSPS) is 22.1. The SMILES string of the molecule is COc1ccc(Cc2noc(C3(N)CCOC3)n2)cn1. The number of rotatable bonds is 4. The van der Waals surface area contributed by atoms with Gasteiger partial charge < -0.3 is 19.7 Å². The number of pyridine rings is 1. The summed E-state index contributed by atoms with van der Waals surface area (Å²) in [7, 11) is 1.58. The van der Waals surface area contributed by atoms with Gasteiger partial charge in [0.15, 0.2) is 5.82 Å². The van der Waals surface area contributed by atoms with E-state index >= 15 is 0 Å². The lowest BCUT2D eigenvalue weighted by Gasteiger charge is -2.14. The summed E-state index contributed by atoms with van der Waals surface area (Å²) < 4.78 is 15.6. The molecule has 3 rings (SSSR count). The maximum atomic E-state index is 6.17. The van der Waals surface area contributed by atoms with E-state index in [-0.39, 0.29) is 0 Å². The number of aromatic nitrogens is 3. The zero-order valence-electron chi connectivity index (χ0n) is 11.2. The van der Waals surface area contributed by atoms with E-state index in [1.807, 2.05) is 6.07 Å². The largest absolute Gasteiger partial charge is 0.481 e. The van der Waals surface area contributed by atoms with Crippen LogP contribution in [0.25, 0.3) is 0 Å². The first-order valence-corrected chi connectivity index (χ1v) is 6.38. The second-order valence-corrected chi connectivity index (χ2v) is 4.86. The van der Waals surface area contributed by atoms with E-state index in [2.05, 4.69) is 15.1 Å². The van der Waals surface area contributed by atoms with E-state index in [9.17, 15) is 0 Å². The summed E-state index contributed by atoms with van der Waals surface area (Å²) in [6, 6.07) is 3.71. The quantitative estimate of drug-likeness (QED) is 0.875.